The number of fused-ring (bicyclic) bond motifs is 1. The van der Waals surface area contributed by atoms with Crippen LogP contribution < -0.4 is 4.74 Å². The first-order chi connectivity index (χ1) is 12.2. The first-order valence-electron chi connectivity index (χ1n) is 7.48. The summed E-state index contributed by atoms with van der Waals surface area (Å²) in [4.78, 5) is 29.3. The van der Waals surface area contributed by atoms with Crippen LogP contribution in [0.15, 0.2) is 30.3 Å². The van der Waals surface area contributed by atoms with E-state index in [1.807, 2.05) is 0 Å². The van der Waals surface area contributed by atoms with Gasteiger partial charge >= 0.3 is 6.18 Å². The Kier molecular flexibility index (Phi) is 4.39. The second-order valence-electron chi connectivity index (χ2n) is 5.67. The second kappa shape index (κ2) is 6.40. The number of aryl methyl sites for hydroxylation is 1. The van der Waals surface area contributed by atoms with Crippen LogP contribution in [0, 0.1) is 12.7 Å². The maximum absolute atomic E-state index is 14.0. The van der Waals surface area contributed by atoms with E-state index < -0.39 is 36.3 Å². The highest BCUT2D eigenvalue weighted by Crippen LogP contribution is 2.27. The number of hydrogen-bond donors (Lipinski definition) is 0. The van der Waals surface area contributed by atoms with Crippen molar-refractivity contribution in [1.29, 1.82) is 0 Å². The third-order valence-corrected chi connectivity index (χ3v) is 3.82. The number of carbonyl (C=O) groups is 2. The third-order valence-electron chi connectivity index (χ3n) is 3.82. The molecule has 0 fully saturated rings. The number of alkyl halides is 3. The van der Waals surface area contributed by atoms with Crippen LogP contribution in [0.25, 0.3) is 0 Å². The summed E-state index contributed by atoms with van der Waals surface area (Å²) in [5.41, 5.74) is 0.832. The number of aromatic nitrogens is 1. The fourth-order valence-electron chi connectivity index (χ4n) is 2.56. The van der Waals surface area contributed by atoms with Crippen molar-refractivity contribution in [3.63, 3.8) is 0 Å². The molecule has 0 atom stereocenters. The van der Waals surface area contributed by atoms with Crippen molar-refractivity contribution in [2.24, 2.45) is 0 Å². The molecule has 0 aliphatic carbocycles. The van der Waals surface area contributed by atoms with E-state index in [4.69, 9.17) is 0 Å². The highest BCUT2D eigenvalue weighted by Gasteiger charge is 2.35. The van der Waals surface area contributed by atoms with Gasteiger partial charge in [0.1, 0.15) is 0 Å². The minimum absolute atomic E-state index is 0.153. The maximum atomic E-state index is 14.0. The molecule has 0 saturated heterocycles. The van der Waals surface area contributed by atoms with Crippen LogP contribution in [0.3, 0.4) is 0 Å². The van der Waals surface area contributed by atoms with E-state index in [0.717, 1.165) is 11.0 Å². The smallest absolute Gasteiger partial charge is 0.422 e. The van der Waals surface area contributed by atoms with E-state index >= 15 is 0 Å². The third kappa shape index (κ3) is 3.37. The zero-order valence-electron chi connectivity index (χ0n) is 13.4. The molecule has 0 bridgehead atoms. The summed E-state index contributed by atoms with van der Waals surface area (Å²) in [6, 6.07) is 7.17. The number of amides is 2. The molecule has 0 radical (unpaired) electrons. The molecular formula is C17H12F4N2O3. The molecule has 0 spiro atoms. The number of halogens is 4. The molecular weight excluding hydrogens is 356 g/mol. The SMILES string of the molecule is Cc1nc(OCC(F)(F)F)c(F)cc1CN1C(=O)c2ccccc2C1=O. The Morgan fingerprint density at radius 2 is 1.69 bits per heavy atom. The zero-order valence-corrected chi connectivity index (χ0v) is 13.4. The number of pyridine rings is 1. The van der Waals surface area contributed by atoms with Crippen molar-refractivity contribution in [2.45, 2.75) is 19.6 Å². The van der Waals surface area contributed by atoms with Crippen LogP contribution in [0.5, 0.6) is 5.88 Å². The minimum Gasteiger partial charge on any atom is -0.466 e. The summed E-state index contributed by atoms with van der Waals surface area (Å²) in [5.74, 6) is -2.94. The Bertz CT molecular complexity index is 861. The predicted molar refractivity (Wildman–Crippen MR) is 81.1 cm³/mol. The van der Waals surface area contributed by atoms with Crippen molar-refractivity contribution in [1.82, 2.24) is 9.88 Å². The van der Waals surface area contributed by atoms with Crippen LogP contribution >= 0.6 is 0 Å². The summed E-state index contributed by atoms with van der Waals surface area (Å²) >= 11 is 0. The molecule has 1 aliphatic rings. The summed E-state index contributed by atoms with van der Waals surface area (Å²) < 4.78 is 54.9. The number of nitrogens with zero attached hydrogens (tertiary/aromatic N) is 2. The Morgan fingerprint density at radius 1 is 1.12 bits per heavy atom. The monoisotopic (exact) mass is 368 g/mol. The molecule has 0 saturated carbocycles. The molecule has 1 aromatic heterocycles. The summed E-state index contributed by atoms with van der Waals surface area (Å²) in [6.07, 6.45) is -4.62. The van der Waals surface area contributed by atoms with E-state index in [1.165, 1.54) is 19.1 Å². The van der Waals surface area contributed by atoms with E-state index in [9.17, 15) is 27.2 Å². The van der Waals surface area contributed by atoms with Gasteiger partial charge in [-0.3, -0.25) is 14.5 Å². The minimum atomic E-state index is -4.62. The number of imide groups is 1. The first kappa shape index (κ1) is 17.8. The Balaban J connectivity index is 1.82. The maximum Gasteiger partial charge on any atom is 0.422 e. The molecule has 3 rings (SSSR count). The second-order valence-corrected chi connectivity index (χ2v) is 5.67. The van der Waals surface area contributed by atoms with E-state index in [-0.39, 0.29) is 28.9 Å². The topological polar surface area (TPSA) is 59.5 Å². The average Bonchev–Trinajstić information content (AvgIpc) is 2.81. The van der Waals surface area contributed by atoms with E-state index in [0.29, 0.717) is 0 Å². The van der Waals surface area contributed by atoms with Crippen LogP contribution in [0.4, 0.5) is 17.6 Å². The quantitative estimate of drug-likeness (QED) is 0.614. The molecule has 1 aliphatic heterocycles. The van der Waals surface area contributed by atoms with E-state index in [1.54, 1.807) is 12.1 Å². The lowest BCUT2D eigenvalue weighted by Gasteiger charge is -2.16. The average molecular weight is 368 g/mol. The molecule has 9 heteroatoms. The molecule has 2 amide bonds. The highest BCUT2D eigenvalue weighted by atomic mass is 19.4. The van der Waals surface area contributed by atoms with Gasteiger partial charge in [0.2, 0.25) is 0 Å². The normalized spacial score (nSPS) is 14.0. The lowest BCUT2D eigenvalue weighted by Crippen LogP contribution is -2.29. The predicted octanol–water partition coefficient (Wildman–Crippen LogP) is 3.27. The van der Waals surface area contributed by atoms with Gasteiger partial charge in [-0.05, 0) is 30.7 Å². The van der Waals surface area contributed by atoms with Gasteiger partial charge in [0.05, 0.1) is 17.7 Å². The summed E-state index contributed by atoms with van der Waals surface area (Å²) in [6.45, 7) is -0.497. The largest absolute Gasteiger partial charge is 0.466 e. The molecule has 1 aromatic carbocycles. The van der Waals surface area contributed by atoms with Gasteiger partial charge in [0.25, 0.3) is 17.7 Å². The van der Waals surface area contributed by atoms with Gasteiger partial charge in [0, 0.05) is 5.69 Å². The Hall–Kier alpha value is -2.97. The van der Waals surface area contributed by atoms with Crippen molar-refractivity contribution in [3.8, 4) is 5.88 Å². The lowest BCUT2D eigenvalue weighted by atomic mass is 10.1. The molecule has 5 nitrogen and oxygen atoms in total. The summed E-state index contributed by atoms with van der Waals surface area (Å²) in [5, 5.41) is 0. The zero-order chi connectivity index (χ0) is 19.1. The number of benzene rings is 1. The fraction of sp³-hybridized carbons (Fsp3) is 0.235. The molecule has 0 N–H and O–H groups in total. The molecule has 26 heavy (non-hydrogen) atoms. The van der Waals surface area contributed by atoms with Crippen LogP contribution in [-0.4, -0.2) is 34.5 Å². The highest BCUT2D eigenvalue weighted by molar-refractivity contribution is 6.21. The van der Waals surface area contributed by atoms with Gasteiger partial charge in [-0.25, -0.2) is 9.37 Å². The van der Waals surface area contributed by atoms with Gasteiger partial charge < -0.3 is 4.74 Å². The van der Waals surface area contributed by atoms with Crippen LogP contribution in [0.2, 0.25) is 0 Å². The van der Waals surface area contributed by atoms with Gasteiger partial charge in [0.15, 0.2) is 12.4 Å². The van der Waals surface area contributed by atoms with Crippen molar-refractivity contribution in [3.05, 3.63) is 58.5 Å². The summed E-state index contributed by atoms with van der Waals surface area (Å²) in [7, 11) is 0. The number of hydrogen-bond acceptors (Lipinski definition) is 4. The van der Waals surface area contributed by atoms with Crippen LogP contribution in [0.1, 0.15) is 32.0 Å². The number of ether oxygens (including phenoxy) is 1. The van der Waals surface area contributed by atoms with Gasteiger partial charge in [-0.1, -0.05) is 12.1 Å². The van der Waals surface area contributed by atoms with Gasteiger partial charge in [-0.15, -0.1) is 0 Å². The van der Waals surface area contributed by atoms with E-state index in [2.05, 4.69) is 9.72 Å². The lowest BCUT2D eigenvalue weighted by molar-refractivity contribution is -0.154. The number of rotatable bonds is 4. The van der Waals surface area contributed by atoms with Crippen molar-refractivity contribution < 1.29 is 31.9 Å². The van der Waals surface area contributed by atoms with Crippen molar-refractivity contribution in [2.75, 3.05) is 6.61 Å². The molecule has 0 unspecified atom stereocenters. The number of carbonyl (C=O) groups excluding carboxylic acids is 2. The molecule has 136 valence electrons. The first-order valence-corrected chi connectivity index (χ1v) is 7.48. The molecule has 2 heterocycles. The van der Waals surface area contributed by atoms with Gasteiger partial charge in [-0.2, -0.15) is 13.2 Å². The fourth-order valence-corrected chi connectivity index (χ4v) is 2.56. The standard InChI is InChI=1S/C17H12F4N2O3/c1-9-10(6-13(18)14(22-9)26-8-17(19,20)21)7-23-15(24)11-4-2-3-5-12(11)16(23)25/h2-6H,7-8H2,1H3. The Morgan fingerprint density at radius 3 is 2.23 bits per heavy atom. The molecule has 2 aromatic rings. The van der Waals surface area contributed by atoms with Crippen molar-refractivity contribution >= 4 is 11.8 Å². The van der Waals surface area contributed by atoms with Crippen LogP contribution in [-0.2, 0) is 6.54 Å². The Labute approximate surface area is 145 Å².